The van der Waals surface area contributed by atoms with Gasteiger partial charge in [0.05, 0.1) is 12.2 Å². The molecule has 13 heavy (non-hydrogen) atoms. The summed E-state index contributed by atoms with van der Waals surface area (Å²) in [5.74, 6) is 0. The first-order chi connectivity index (χ1) is 5.98. The van der Waals surface area contributed by atoms with Gasteiger partial charge in [0.15, 0.2) is 0 Å². The van der Waals surface area contributed by atoms with Crippen molar-refractivity contribution in [3.05, 3.63) is 12.2 Å². The highest BCUT2D eigenvalue weighted by Crippen LogP contribution is 2.40. The third-order valence-corrected chi connectivity index (χ3v) is 3.41. The molecule has 0 saturated carbocycles. The molecular weight excluding hydrogens is 160 g/mol. The molecule has 1 fully saturated rings. The molecule has 1 aliphatic heterocycles. The normalized spacial score (nSPS) is 33.4. The van der Waals surface area contributed by atoms with Gasteiger partial charge in [0.25, 0.3) is 0 Å². The van der Waals surface area contributed by atoms with Crippen LogP contribution >= 0.6 is 0 Å². The number of hydrogen-bond acceptors (Lipinski definition) is 1. The van der Waals surface area contributed by atoms with Gasteiger partial charge in [-0.15, -0.1) is 0 Å². The molecule has 76 valence electrons. The van der Waals surface area contributed by atoms with Gasteiger partial charge in [-0.1, -0.05) is 39.3 Å². The second kappa shape index (κ2) is 3.83. The highest BCUT2D eigenvalue weighted by atomic mass is 16.5. The second-order valence-corrected chi connectivity index (χ2v) is 4.72. The Morgan fingerprint density at radius 3 is 2.62 bits per heavy atom. The van der Waals surface area contributed by atoms with E-state index >= 15 is 0 Å². The summed E-state index contributed by atoms with van der Waals surface area (Å²) in [5, 5.41) is 0. The lowest BCUT2D eigenvalue weighted by Gasteiger charge is -2.42. The van der Waals surface area contributed by atoms with Crippen molar-refractivity contribution in [1.82, 2.24) is 0 Å². The first-order valence-electron chi connectivity index (χ1n) is 5.32. The van der Waals surface area contributed by atoms with Crippen LogP contribution in [0.2, 0.25) is 0 Å². The number of ether oxygens (including phenoxy) is 1. The monoisotopic (exact) mass is 182 g/mol. The molecule has 0 amide bonds. The quantitative estimate of drug-likeness (QED) is 0.593. The van der Waals surface area contributed by atoms with Crippen molar-refractivity contribution < 1.29 is 4.74 Å². The summed E-state index contributed by atoms with van der Waals surface area (Å²) >= 11 is 0. The minimum Gasteiger partial charge on any atom is -0.374 e. The smallest absolute Gasteiger partial charge is 0.0638 e. The van der Waals surface area contributed by atoms with Gasteiger partial charge in [-0.2, -0.15) is 0 Å². The maximum absolute atomic E-state index is 5.95. The van der Waals surface area contributed by atoms with Crippen molar-refractivity contribution in [3.63, 3.8) is 0 Å². The molecule has 2 unspecified atom stereocenters. The van der Waals surface area contributed by atoms with Crippen molar-refractivity contribution in [1.29, 1.82) is 0 Å². The summed E-state index contributed by atoms with van der Waals surface area (Å²) in [5.41, 5.74) is 1.51. The Morgan fingerprint density at radius 2 is 2.15 bits per heavy atom. The van der Waals surface area contributed by atoms with Crippen molar-refractivity contribution in [2.24, 2.45) is 5.41 Å². The van der Waals surface area contributed by atoms with Crippen LogP contribution in [0.1, 0.15) is 47.0 Å². The zero-order valence-electron chi connectivity index (χ0n) is 9.39. The topological polar surface area (TPSA) is 9.23 Å². The van der Waals surface area contributed by atoms with Gasteiger partial charge >= 0.3 is 0 Å². The van der Waals surface area contributed by atoms with Crippen LogP contribution in [0.15, 0.2) is 12.2 Å². The molecule has 0 spiro atoms. The summed E-state index contributed by atoms with van der Waals surface area (Å²) in [6, 6.07) is 0. The van der Waals surface area contributed by atoms with Crippen molar-refractivity contribution in [3.8, 4) is 0 Å². The average Bonchev–Trinajstić information content (AvgIpc) is 2.02. The lowest BCUT2D eigenvalue weighted by atomic mass is 9.75. The Balaban J connectivity index is 2.62. The van der Waals surface area contributed by atoms with Gasteiger partial charge in [0.2, 0.25) is 0 Å². The van der Waals surface area contributed by atoms with Gasteiger partial charge < -0.3 is 4.74 Å². The van der Waals surface area contributed by atoms with E-state index < -0.39 is 0 Å². The fraction of sp³-hybridized carbons (Fsp3) is 0.833. The predicted octanol–water partition coefficient (Wildman–Crippen LogP) is 3.55. The molecule has 1 heterocycles. The molecular formula is C12H22O. The number of rotatable bonds is 2. The van der Waals surface area contributed by atoms with E-state index in [1.165, 1.54) is 18.4 Å². The molecule has 0 aromatic rings. The van der Waals surface area contributed by atoms with E-state index in [2.05, 4.69) is 34.3 Å². The fourth-order valence-corrected chi connectivity index (χ4v) is 1.82. The molecule has 1 nitrogen and oxygen atoms in total. The first kappa shape index (κ1) is 10.8. The van der Waals surface area contributed by atoms with E-state index in [1.54, 1.807) is 0 Å². The molecule has 1 aliphatic rings. The highest BCUT2D eigenvalue weighted by Gasteiger charge is 2.36. The van der Waals surface area contributed by atoms with Crippen LogP contribution in [-0.4, -0.2) is 12.2 Å². The van der Waals surface area contributed by atoms with Gasteiger partial charge in [-0.25, -0.2) is 0 Å². The van der Waals surface area contributed by atoms with Gasteiger partial charge in [0, 0.05) is 5.41 Å². The van der Waals surface area contributed by atoms with E-state index in [9.17, 15) is 0 Å². The van der Waals surface area contributed by atoms with Crippen molar-refractivity contribution in [2.75, 3.05) is 0 Å². The Labute approximate surface area is 82.2 Å². The SMILES string of the molecule is C=C1CC(CCC)OC(C)C1(C)C. The van der Waals surface area contributed by atoms with Crippen LogP contribution in [-0.2, 0) is 4.74 Å². The Hall–Kier alpha value is -0.300. The van der Waals surface area contributed by atoms with Crippen LogP contribution < -0.4 is 0 Å². The van der Waals surface area contributed by atoms with Crippen molar-refractivity contribution >= 4 is 0 Å². The largest absolute Gasteiger partial charge is 0.374 e. The zero-order chi connectivity index (χ0) is 10.1. The third-order valence-electron chi connectivity index (χ3n) is 3.41. The maximum Gasteiger partial charge on any atom is 0.0638 e. The molecule has 0 radical (unpaired) electrons. The van der Waals surface area contributed by atoms with Gasteiger partial charge in [-0.3, -0.25) is 0 Å². The molecule has 1 heteroatoms. The molecule has 0 aromatic heterocycles. The Bertz CT molecular complexity index is 193. The summed E-state index contributed by atoms with van der Waals surface area (Å²) in [7, 11) is 0. The molecule has 0 N–H and O–H groups in total. The molecule has 0 bridgehead atoms. The Kier molecular flexibility index (Phi) is 3.18. The van der Waals surface area contributed by atoms with Crippen LogP contribution in [0.25, 0.3) is 0 Å². The van der Waals surface area contributed by atoms with Gasteiger partial charge in [0.1, 0.15) is 0 Å². The summed E-state index contributed by atoms with van der Waals surface area (Å²) < 4.78 is 5.95. The zero-order valence-corrected chi connectivity index (χ0v) is 9.39. The highest BCUT2D eigenvalue weighted by molar-refractivity contribution is 5.13. The lowest BCUT2D eigenvalue weighted by Crippen LogP contribution is -2.40. The third kappa shape index (κ3) is 2.14. The van der Waals surface area contributed by atoms with Gasteiger partial charge in [-0.05, 0) is 19.8 Å². The van der Waals surface area contributed by atoms with E-state index in [0.29, 0.717) is 12.2 Å². The molecule has 0 aliphatic carbocycles. The van der Waals surface area contributed by atoms with Crippen LogP contribution in [0.4, 0.5) is 0 Å². The number of hydrogen-bond donors (Lipinski definition) is 0. The minimum absolute atomic E-state index is 0.157. The summed E-state index contributed by atoms with van der Waals surface area (Å²) in [4.78, 5) is 0. The second-order valence-electron chi connectivity index (χ2n) is 4.72. The minimum atomic E-state index is 0.157. The molecule has 0 aromatic carbocycles. The lowest BCUT2D eigenvalue weighted by molar-refractivity contribution is -0.0805. The first-order valence-corrected chi connectivity index (χ1v) is 5.32. The summed E-state index contributed by atoms with van der Waals surface area (Å²) in [6.45, 7) is 13.0. The van der Waals surface area contributed by atoms with E-state index in [1.807, 2.05) is 0 Å². The fourth-order valence-electron chi connectivity index (χ4n) is 1.82. The predicted molar refractivity (Wildman–Crippen MR) is 56.8 cm³/mol. The van der Waals surface area contributed by atoms with Crippen LogP contribution in [0.3, 0.4) is 0 Å². The Morgan fingerprint density at radius 1 is 1.54 bits per heavy atom. The van der Waals surface area contributed by atoms with Crippen molar-refractivity contribution in [2.45, 2.75) is 59.2 Å². The molecule has 2 atom stereocenters. The van der Waals surface area contributed by atoms with E-state index in [-0.39, 0.29) is 5.41 Å². The standard InChI is InChI=1S/C12H22O/c1-6-7-11-8-9(2)12(4,5)10(3)13-11/h10-11H,2,6-8H2,1,3-5H3. The van der Waals surface area contributed by atoms with Crippen LogP contribution in [0.5, 0.6) is 0 Å². The van der Waals surface area contributed by atoms with Crippen LogP contribution in [0, 0.1) is 5.41 Å². The maximum atomic E-state index is 5.95. The van der Waals surface area contributed by atoms with E-state index in [0.717, 1.165) is 6.42 Å². The molecule has 1 saturated heterocycles. The average molecular weight is 182 g/mol. The van der Waals surface area contributed by atoms with E-state index in [4.69, 9.17) is 4.74 Å². The summed E-state index contributed by atoms with van der Waals surface area (Å²) in [6.07, 6.45) is 4.14. The molecule has 1 rings (SSSR count).